The van der Waals surface area contributed by atoms with Gasteiger partial charge in [0.2, 0.25) is 0 Å². The number of hydrogen-bond donors (Lipinski definition) is 1. The molecule has 0 aromatic heterocycles. The Morgan fingerprint density at radius 1 is 1.05 bits per heavy atom. The summed E-state index contributed by atoms with van der Waals surface area (Å²) in [6.45, 7) is 6.27. The van der Waals surface area contributed by atoms with Gasteiger partial charge >= 0.3 is 0 Å². The summed E-state index contributed by atoms with van der Waals surface area (Å²) in [5.41, 5.74) is 10.7. The van der Waals surface area contributed by atoms with Crippen molar-refractivity contribution < 1.29 is 4.39 Å². The summed E-state index contributed by atoms with van der Waals surface area (Å²) in [7, 11) is 0. The third kappa shape index (κ3) is 3.45. The predicted octanol–water partition coefficient (Wildman–Crippen LogP) is 4.50. The smallest absolute Gasteiger partial charge is 0.123 e. The van der Waals surface area contributed by atoms with Crippen LogP contribution in [0.15, 0.2) is 42.5 Å². The van der Waals surface area contributed by atoms with E-state index in [9.17, 15) is 4.39 Å². The first kappa shape index (κ1) is 14.7. The summed E-state index contributed by atoms with van der Waals surface area (Å²) in [5, 5.41) is 0. The molecule has 2 aromatic carbocycles. The molecule has 20 heavy (non-hydrogen) atoms. The van der Waals surface area contributed by atoms with Gasteiger partial charge in [0.05, 0.1) is 0 Å². The van der Waals surface area contributed by atoms with Crippen LogP contribution in [0.4, 0.5) is 4.39 Å². The number of hydrogen-bond acceptors (Lipinski definition) is 1. The van der Waals surface area contributed by atoms with Crippen molar-refractivity contribution in [2.45, 2.75) is 39.2 Å². The van der Waals surface area contributed by atoms with Gasteiger partial charge in [0.25, 0.3) is 0 Å². The summed E-state index contributed by atoms with van der Waals surface area (Å²) in [5.74, 6) is 0.330. The van der Waals surface area contributed by atoms with Gasteiger partial charge < -0.3 is 5.73 Å². The molecule has 0 fully saturated rings. The molecule has 0 saturated heterocycles. The van der Waals surface area contributed by atoms with E-state index in [1.54, 1.807) is 6.07 Å². The van der Waals surface area contributed by atoms with Crippen LogP contribution in [-0.4, -0.2) is 0 Å². The summed E-state index contributed by atoms with van der Waals surface area (Å²) in [6.07, 6.45) is 0.769. The van der Waals surface area contributed by atoms with Crippen molar-refractivity contribution in [1.82, 2.24) is 0 Å². The topological polar surface area (TPSA) is 26.0 Å². The molecule has 1 atom stereocenters. The number of benzene rings is 2. The fourth-order valence-electron chi connectivity index (χ4n) is 2.46. The van der Waals surface area contributed by atoms with Crippen molar-refractivity contribution in [2.75, 3.05) is 0 Å². The molecule has 106 valence electrons. The molecule has 2 aromatic rings. The zero-order chi connectivity index (χ0) is 14.7. The van der Waals surface area contributed by atoms with E-state index >= 15 is 0 Å². The quantitative estimate of drug-likeness (QED) is 0.870. The van der Waals surface area contributed by atoms with Gasteiger partial charge in [0.1, 0.15) is 5.82 Å². The first-order chi connectivity index (χ1) is 9.47. The predicted molar refractivity (Wildman–Crippen MR) is 82.3 cm³/mol. The third-order valence-corrected chi connectivity index (χ3v) is 3.73. The molecule has 1 unspecified atom stereocenters. The standard InChI is InChI=1S/C18H22FN/c1-12(2)15-6-4-14(5-7-15)11-18(20)17-9-8-16(19)10-13(17)3/h4-10,12,18H,11,20H2,1-3H3. The molecule has 0 saturated carbocycles. The van der Waals surface area contributed by atoms with Crippen LogP contribution < -0.4 is 5.73 Å². The average molecular weight is 271 g/mol. The van der Waals surface area contributed by atoms with Crippen LogP contribution in [0.25, 0.3) is 0 Å². The first-order valence-corrected chi connectivity index (χ1v) is 7.08. The van der Waals surface area contributed by atoms with Crippen molar-refractivity contribution in [1.29, 1.82) is 0 Å². The molecule has 0 aliphatic rings. The molecule has 0 heterocycles. The Bertz CT molecular complexity index is 572. The maximum absolute atomic E-state index is 13.1. The minimum absolute atomic E-state index is 0.0968. The first-order valence-electron chi connectivity index (χ1n) is 7.08. The van der Waals surface area contributed by atoms with Crippen LogP contribution in [0.2, 0.25) is 0 Å². The van der Waals surface area contributed by atoms with E-state index in [-0.39, 0.29) is 11.9 Å². The lowest BCUT2D eigenvalue weighted by atomic mass is 9.94. The maximum Gasteiger partial charge on any atom is 0.123 e. The molecule has 0 aliphatic heterocycles. The van der Waals surface area contributed by atoms with Crippen molar-refractivity contribution in [3.05, 3.63) is 70.5 Å². The molecule has 2 heteroatoms. The van der Waals surface area contributed by atoms with E-state index < -0.39 is 0 Å². The number of aryl methyl sites for hydroxylation is 1. The Hall–Kier alpha value is -1.67. The zero-order valence-electron chi connectivity index (χ0n) is 12.4. The lowest BCUT2D eigenvalue weighted by molar-refractivity contribution is 0.622. The van der Waals surface area contributed by atoms with Crippen LogP contribution in [0.5, 0.6) is 0 Å². The van der Waals surface area contributed by atoms with Crippen LogP contribution in [-0.2, 0) is 6.42 Å². The summed E-state index contributed by atoms with van der Waals surface area (Å²) in [6, 6.07) is 13.3. The van der Waals surface area contributed by atoms with Crippen LogP contribution in [0.3, 0.4) is 0 Å². The Kier molecular flexibility index (Phi) is 4.56. The van der Waals surface area contributed by atoms with E-state index in [1.807, 2.05) is 6.92 Å². The van der Waals surface area contributed by atoms with Gasteiger partial charge in [-0.25, -0.2) is 4.39 Å². The SMILES string of the molecule is Cc1cc(F)ccc1C(N)Cc1ccc(C(C)C)cc1. The summed E-state index contributed by atoms with van der Waals surface area (Å²) < 4.78 is 13.1. The van der Waals surface area contributed by atoms with E-state index in [2.05, 4.69) is 38.1 Å². The molecule has 2 N–H and O–H groups in total. The molecule has 0 radical (unpaired) electrons. The number of rotatable bonds is 4. The largest absolute Gasteiger partial charge is 0.324 e. The highest BCUT2D eigenvalue weighted by atomic mass is 19.1. The Balaban J connectivity index is 2.12. The third-order valence-electron chi connectivity index (χ3n) is 3.73. The lowest BCUT2D eigenvalue weighted by Gasteiger charge is -2.15. The van der Waals surface area contributed by atoms with Gasteiger partial charge in [-0.15, -0.1) is 0 Å². The van der Waals surface area contributed by atoms with Gasteiger partial charge in [-0.3, -0.25) is 0 Å². The molecule has 1 nitrogen and oxygen atoms in total. The second-order valence-corrected chi connectivity index (χ2v) is 5.71. The van der Waals surface area contributed by atoms with Crippen LogP contribution in [0, 0.1) is 12.7 Å². The molecule has 2 rings (SSSR count). The molecule has 0 bridgehead atoms. The van der Waals surface area contributed by atoms with Gasteiger partial charge in [-0.2, -0.15) is 0 Å². The van der Waals surface area contributed by atoms with Crippen molar-refractivity contribution in [2.24, 2.45) is 5.73 Å². The minimum atomic E-state index is -0.209. The van der Waals surface area contributed by atoms with Crippen molar-refractivity contribution in [3.63, 3.8) is 0 Å². The van der Waals surface area contributed by atoms with Gasteiger partial charge in [0.15, 0.2) is 0 Å². The summed E-state index contributed by atoms with van der Waals surface area (Å²) >= 11 is 0. The van der Waals surface area contributed by atoms with E-state index in [0.717, 1.165) is 17.5 Å². The van der Waals surface area contributed by atoms with E-state index in [0.29, 0.717) is 5.92 Å². The highest BCUT2D eigenvalue weighted by Crippen LogP contribution is 2.22. The monoisotopic (exact) mass is 271 g/mol. The van der Waals surface area contributed by atoms with E-state index in [1.165, 1.54) is 23.3 Å². The maximum atomic E-state index is 13.1. The Labute approximate surface area is 120 Å². The van der Waals surface area contributed by atoms with Crippen LogP contribution >= 0.6 is 0 Å². The van der Waals surface area contributed by atoms with Crippen LogP contribution in [0.1, 0.15) is 48.1 Å². The number of halogens is 1. The molecule has 0 amide bonds. The molecule has 0 aliphatic carbocycles. The molecule has 0 spiro atoms. The second-order valence-electron chi connectivity index (χ2n) is 5.71. The fourth-order valence-corrected chi connectivity index (χ4v) is 2.46. The highest BCUT2D eigenvalue weighted by Gasteiger charge is 2.10. The number of nitrogens with two attached hydrogens (primary N) is 1. The fraction of sp³-hybridized carbons (Fsp3) is 0.333. The lowest BCUT2D eigenvalue weighted by Crippen LogP contribution is -2.14. The highest BCUT2D eigenvalue weighted by molar-refractivity contribution is 5.32. The second kappa shape index (κ2) is 6.19. The molecular weight excluding hydrogens is 249 g/mol. The van der Waals surface area contributed by atoms with E-state index in [4.69, 9.17) is 5.73 Å². The van der Waals surface area contributed by atoms with Gasteiger partial charge in [0, 0.05) is 6.04 Å². The Morgan fingerprint density at radius 3 is 2.25 bits per heavy atom. The average Bonchev–Trinajstić information content (AvgIpc) is 2.39. The van der Waals surface area contributed by atoms with Gasteiger partial charge in [-0.05, 0) is 53.6 Å². The Morgan fingerprint density at radius 2 is 1.70 bits per heavy atom. The van der Waals surface area contributed by atoms with Crippen molar-refractivity contribution in [3.8, 4) is 0 Å². The zero-order valence-corrected chi connectivity index (χ0v) is 12.4. The van der Waals surface area contributed by atoms with Gasteiger partial charge in [-0.1, -0.05) is 44.2 Å². The summed E-state index contributed by atoms with van der Waals surface area (Å²) in [4.78, 5) is 0. The normalized spacial score (nSPS) is 12.7. The minimum Gasteiger partial charge on any atom is -0.324 e. The van der Waals surface area contributed by atoms with Crippen molar-refractivity contribution >= 4 is 0 Å². The molecular formula is C18H22FN.